The Hall–Kier alpha value is -2.44. The van der Waals surface area contributed by atoms with E-state index in [2.05, 4.69) is 40.4 Å². The van der Waals surface area contributed by atoms with Gasteiger partial charge in [0.1, 0.15) is 11.6 Å². The van der Waals surface area contributed by atoms with Crippen molar-refractivity contribution in [3.63, 3.8) is 0 Å². The van der Waals surface area contributed by atoms with Crippen molar-refractivity contribution in [3.05, 3.63) is 65.5 Å². The summed E-state index contributed by atoms with van der Waals surface area (Å²) >= 11 is 0. The van der Waals surface area contributed by atoms with Crippen LogP contribution in [0.1, 0.15) is 24.0 Å². The number of ether oxygens (including phenoxy) is 1. The van der Waals surface area contributed by atoms with Crippen molar-refractivity contribution in [1.29, 1.82) is 0 Å². The van der Waals surface area contributed by atoms with E-state index in [1.807, 2.05) is 6.07 Å². The quantitative estimate of drug-likeness (QED) is 0.659. The van der Waals surface area contributed by atoms with E-state index in [1.54, 1.807) is 12.1 Å². The first-order valence-electron chi connectivity index (χ1n) is 10.2. The Morgan fingerprint density at radius 3 is 2.62 bits per heavy atom. The predicted octanol–water partition coefficient (Wildman–Crippen LogP) is 3.05. The second-order valence-electron chi connectivity index (χ2n) is 7.59. The first kappa shape index (κ1) is 21.3. The van der Waals surface area contributed by atoms with Crippen LogP contribution in [0.15, 0.2) is 48.5 Å². The van der Waals surface area contributed by atoms with Crippen molar-refractivity contribution in [3.8, 4) is 5.75 Å². The molecule has 29 heavy (non-hydrogen) atoms. The predicted molar refractivity (Wildman–Crippen MR) is 112 cm³/mol. The highest BCUT2D eigenvalue weighted by Crippen LogP contribution is 2.13. The summed E-state index contributed by atoms with van der Waals surface area (Å²) in [6.45, 7) is 6.27. The van der Waals surface area contributed by atoms with Gasteiger partial charge >= 0.3 is 0 Å². The van der Waals surface area contributed by atoms with Crippen LogP contribution in [0, 0.1) is 5.82 Å². The van der Waals surface area contributed by atoms with Crippen molar-refractivity contribution in [1.82, 2.24) is 15.1 Å². The van der Waals surface area contributed by atoms with Gasteiger partial charge in [-0.1, -0.05) is 30.3 Å². The summed E-state index contributed by atoms with van der Waals surface area (Å²) in [5.41, 5.74) is 2.39. The molecule has 2 aromatic carbocycles. The second-order valence-corrected chi connectivity index (χ2v) is 7.59. The Balaban J connectivity index is 1.35. The average molecular weight is 400 g/mol. The maximum absolute atomic E-state index is 13.1. The third-order valence-corrected chi connectivity index (χ3v) is 5.10. The summed E-state index contributed by atoms with van der Waals surface area (Å²) in [5.74, 6) is 0.162. The minimum absolute atomic E-state index is 0.00249. The van der Waals surface area contributed by atoms with Gasteiger partial charge in [-0.2, -0.15) is 0 Å². The monoisotopic (exact) mass is 399 g/mol. The number of amides is 1. The Morgan fingerprint density at radius 2 is 1.83 bits per heavy atom. The molecule has 0 unspecified atom stereocenters. The van der Waals surface area contributed by atoms with Gasteiger partial charge in [0.25, 0.3) is 0 Å². The smallest absolute Gasteiger partial charge is 0.220 e. The zero-order chi connectivity index (χ0) is 20.5. The van der Waals surface area contributed by atoms with E-state index >= 15 is 0 Å². The van der Waals surface area contributed by atoms with E-state index in [9.17, 15) is 9.18 Å². The number of nitrogens with zero attached hydrogens (tertiary/aromatic N) is 2. The summed E-state index contributed by atoms with van der Waals surface area (Å²) in [5, 5.41) is 2.97. The van der Waals surface area contributed by atoms with Crippen molar-refractivity contribution < 1.29 is 13.9 Å². The molecule has 2 aromatic rings. The SMILES string of the molecule is CN1CCN(Cc2cccc(CNC(=O)CCCOc3cccc(F)c3)c2)CC1. The molecule has 1 N–H and O–H groups in total. The number of carbonyl (C=O) groups excluding carboxylic acids is 1. The number of rotatable bonds is 9. The molecule has 0 atom stereocenters. The molecular formula is C23H30FN3O2. The Labute approximate surface area is 172 Å². The molecule has 0 bridgehead atoms. The van der Waals surface area contributed by atoms with Crippen molar-refractivity contribution in [2.45, 2.75) is 25.9 Å². The number of piperazine rings is 1. The van der Waals surface area contributed by atoms with Crippen LogP contribution in [0.2, 0.25) is 0 Å². The lowest BCUT2D eigenvalue weighted by atomic mass is 10.1. The maximum Gasteiger partial charge on any atom is 0.220 e. The molecule has 1 saturated heterocycles. The molecule has 0 radical (unpaired) electrons. The van der Waals surface area contributed by atoms with Gasteiger partial charge in [-0.25, -0.2) is 4.39 Å². The van der Waals surface area contributed by atoms with Crippen LogP contribution in [-0.2, 0) is 17.9 Å². The van der Waals surface area contributed by atoms with Crippen LogP contribution >= 0.6 is 0 Å². The minimum atomic E-state index is -0.324. The molecule has 6 heteroatoms. The number of benzene rings is 2. The zero-order valence-electron chi connectivity index (χ0n) is 17.1. The number of halogens is 1. The summed E-state index contributed by atoms with van der Waals surface area (Å²) < 4.78 is 18.6. The molecule has 0 saturated carbocycles. The van der Waals surface area contributed by atoms with Gasteiger partial charge in [-0.15, -0.1) is 0 Å². The molecule has 1 amide bonds. The van der Waals surface area contributed by atoms with Crippen LogP contribution in [-0.4, -0.2) is 55.5 Å². The summed E-state index contributed by atoms with van der Waals surface area (Å²) in [6, 6.07) is 14.4. The number of nitrogens with one attached hydrogen (secondary N) is 1. The number of likely N-dealkylation sites (N-methyl/N-ethyl adjacent to an activating group) is 1. The van der Waals surface area contributed by atoms with E-state index in [0.29, 0.717) is 31.7 Å². The Bertz CT molecular complexity index is 791. The van der Waals surface area contributed by atoms with Crippen LogP contribution in [0.25, 0.3) is 0 Å². The van der Waals surface area contributed by atoms with E-state index in [1.165, 1.54) is 17.7 Å². The number of hydrogen-bond donors (Lipinski definition) is 1. The average Bonchev–Trinajstić information content (AvgIpc) is 2.72. The topological polar surface area (TPSA) is 44.8 Å². The van der Waals surface area contributed by atoms with Gasteiger partial charge < -0.3 is 15.0 Å². The highest BCUT2D eigenvalue weighted by Gasteiger charge is 2.13. The Morgan fingerprint density at radius 1 is 1.07 bits per heavy atom. The minimum Gasteiger partial charge on any atom is -0.493 e. The molecule has 1 aliphatic rings. The lowest BCUT2D eigenvalue weighted by Gasteiger charge is -2.32. The van der Waals surface area contributed by atoms with Crippen LogP contribution in [0.4, 0.5) is 4.39 Å². The molecule has 5 nitrogen and oxygen atoms in total. The molecule has 1 aliphatic heterocycles. The summed E-state index contributed by atoms with van der Waals surface area (Å²) in [7, 11) is 2.16. The molecule has 0 aliphatic carbocycles. The maximum atomic E-state index is 13.1. The first-order chi connectivity index (χ1) is 14.1. The summed E-state index contributed by atoms with van der Waals surface area (Å²) in [6.07, 6.45) is 0.974. The largest absolute Gasteiger partial charge is 0.493 e. The van der Waals surface area contributed by atoms with E-state index in [0.717, 1.165) is 38.3 Å². The van der Waals surface area contributed by atoms with E-state index in [-0.39, 0.29) is 11.7 Å². The van der Waals surface area contributed by atoms with Gasteiger partial charge in [0.2, 0.25) is 5.91 Å². The normalized spacial score (nSPS) is 15.2. The third-order valence-electron chi connectivity index (χ3n) is 5.10. The molecule has 3 rings (SSSR count). The first-order valence-corrected chi connectivity index (χ1v) is 10.2. The van der Waals surface area contributed by atoms with E-state index in [4.69, 9.17) is 4.74 Å². The highest BCUT2D eigenvalue weighted by molar-refractivity contribution is 5.75. The molecular weight excluding hydrogens is 369 g/mol. The summed E-state index contributed by atoms with van der Waals surface area (Å²) in [4.78, 5) is 16.9. The fourth-order valence-electron chi connectivity index (χ4n) is 3.37. The lowest BCUT2D eigenvalue weighted by molar-refractivity contribution is -0.121. The second kappa shape index (κ2) is 10.9. The van der Waals surface area contributed by atoms with E-state index < -0.39 is 0 Å². The number of hydrogen-bond acceptors (Lipinski definition) is 4. The van der Waals surface area contributed by atoms with Gasteiger partial charge in [0.05, 0.1) is 6.61 Å². The molecule has 156 valence electrons. The fraction of sp³-hybridized carbons (Fsp3) is 0.435. The molecule has 0 spiro atoms. The molecule has 0 aromatic heterocycles. The lowest BCUT2D eigenvalue weighted by Crippen LogP contribution is -2.43. The van der Waals surface area contributed by atoms with Gasteiger partial charge in [-0.3, -0.25) is 9.69 Å². The Kier molecular flexibility index (Phi) is 8.02. The van der Waals surface area contributed by atoms with Gasteiger partial charge in [0.15, 0.2) is 0 Å². The van der Waals surface area contributed by atoms with Crippen LogP contribution in [0.5, 0.6) is 5.75 Å². The van der Waals surface area contributed by atoms with Gasteiger partial charge in [-0.05, 0) is 36.7 Å². The van der Waals surface area contributed by atoms with Gasteiger partial charge in [0, 0.05) is 51.8 Å². The van der Waals surface area contributed by atoms with Crippen molar-refractivity contribution in [2.75, 3.05) is 39.8 Å². The molecule has 1 heterocycles. The highest BCUT2D eigenvalue weighted by atomic mass is 19.1. The number of carbonyl (C=O) groups is 1. The van der Waals surface area contributed by atoms with Crippen LogP contribution < -0.4 is 10.1 Å². The standard InChI is InChI=1S/C23H30FN3O2/c1-26-10-12-27(13-11-26)18-20-6-2-5-19(15-20)17-25-23(28)9-4-14-29-22-8-3-7-21(24)16-22/h2-3,5-8,15-16H,4,9-14,17-18H2,1H3,(H,25,28). The third kappa shape index (κ3) is 7.48. The van der Waals surface area contributed by atoms with Crippen molar-refractivity contribution >= 4 is 5.91 Å². The van der Waals surface area contributed by atoms with Crippen molar-refractivity contribution in [2.24, 2.45) is 0 Å². The fourth-order valence-corrected chi connectivity index (χ4v) is 3.37. The van der Waals surface area contributed by atoms with Crippen LogP contribution in [0.3, 0.4) is 0 Å². The zero-order valence-corrected chi connectivity index (χ0v) is 17.1. The molecule has 1 fully saturated rings.